The second-order valence-electron chi connectivity index (χ2n) is 5.60. The van der Waals surface area contributed by atoms with Gasteiger partial charge in [-0.2, -0.15) is 5.10 Å². The fourth-order valence-electron chi connectivity index (χ4n) is 2.53. The van der Waals surface area contributed by atoms with Gasteiger partial charge < -0.3 is 4.90 Å². The second-order valence-corrected chi connectivity index (χ2v) is 5.60. The molecule has 0 N–H and O–H groups in total. The number of para-hydroxylation sites is 1. The van der Waals surface area contributed by atoms with E-state index >= 15 is 0 Å². The van der Waals surface area contributed by atoms with Crippen molar-refractivity contribution >= 4 is 5.91 Å². The maximum atomic E-state index is 12.5. The van der Waals surface area contributed by atoms with E-state index in [9.17, 15) is 4.79 Å². The summed E-state index contributed by atoms with van der Waals surface area (Å²) in [5.74, 6) is 0.0237. The number of amides is 1. The predicted molar refractivity (Wildman–Crippen MR) is 90.5 cm³/mol. The molecule has 0 saturated carbocycles. The molecule has 0 aliphatic carbocycles. The summed E-state index contributed by atoms with van der Waals surface area (Å²) >= 11 is 0. The highest BCUT2D eigenvalue weighted by Gasteiger charge is 2.14. The van der Waals surface area contributed by atoms with Crippen LogP contribution in [-0.2, 0) is 6.54 Å². The minimum absolute atomic E-state index is 0.0237. The van der Waals surface area contributed by atoms with E-state index in [1.807, 2.05) is 79.4 Å². The number of aromatic nitrogens is 2. The zero-order valence-electron chi connectivity index (χ0n) is 13.3. The highest BCUT2D eigenvalue weighted by Crippen LogP contribution is 2.13. The third-order valence-electron chi connectivity index (χ3n) is 3.80. The van der Waals surface area contributed by atoms with Crippen LogP contribution in [0.2, 0.25) is 0 Å². The van der Waals surface area contributed by atoms with Gasteiger partial charge in [0.15, 0.2) is 0 Å². The molecule has 3 aromatic rings. The average molecular weight is 305 g/mol. The van der Waals surface area contributed by atoms with E-state index in [4.69, 9.17) is 0 Å². The Labute approximate surface area is 136 Å². The van der Waals surface area contributed by atoms with Gasteiger partial charge >= 0.3 is 0 Å². The molecule has 1 heterocycles. The van der Waals surface area contributed by atoms with Crippen LogP contribution in [0.15, 0.2) is 67.0 Å². The standard InChI is InChI=1S/C19H19N3O/c1-15-8-6-7-11-18(15)19(23)21(2)13-16-12-20-22(14-16)17-9-4-3-5-10-17/h3-12,14H,13H2,1-2H3. The van der Waals surface area contributed by atoms with Crippen molar-refractivity contribution in [3.8, 4) is 5.69 Å². The maximum Gasteiger partial charge on any atom is 0.254 e. The molecule has 0 bridgehead atoms. The Morgan fingerprint density at radius 3 is 2.52 bits per heavy atom. The Balaban J connectivity index is 1.74. The van der Waals surface area contributed by atoms with Gasteiger partial charge in [-0.3, -0.25) is 4.79 Å². The van der Waals surface area contributed by atoms with Crippen molar-refractivity contribution in [1.29, 1.82) is 0 Å². The summed E-state index contributed by atoms with van der Waals surface area (Å²) in [4.78, 5) is 14.3. The Morgan fingerprint density at radius 2 is 1.78 bits per heavy atom. The molecule has 0 saturated heterocycles. The third-order valence-corrected chi connectivity index (χ3v) is 3.80. The van der Waals surface area contributed by atoms with Gasteiger partial charge in [0.25, 0.3) is 5.91 Å². The summed E-state index contributed by atoms with van der Waals surface area (Å²) in [5.41, 5.74) is 3.74. The van der Waals surface area contributed by atoms with Crippen LogP contribution in [0, 0.1) is 6.92 Å². The summed E-state index contributed by atoms with van der Waals surface area (Å²) in [6, 6.07) is 17.6. The maximum absolute atomic E-state index is 12.5. The van der Waals surface area contributed by atoms with Crippen molar-refractivity contribution in [1.82, 2.24) is 14.7 Å². The van der Waals surface area contributed by atoms with Crippen molar-refractivity contribution in [2.24, 2.45) is 0 Å². The van der Waals surface area contributed by atoms with E-state index in [1.165, 1.54) is 0 Å². The van der Waals surface area contributed by atoms with Crippen LogP contribution in [0.25, 0.3) is 5.69 Å². The zero-order valence-corrected chi connectivity index (χ0v) is 13.3. The van der Waals surface area contributed by atoms with Crippen LogP contribution in [-0.4, -0.2) is 27.6 Å². The molecule has 4 heteroatoms. The molecule has 3 rings (SSSR count). The Hall–Kier alpha value is -2.88. The minimum atomic E-state index is 0.0237. The van der Waals surface area contributed by atoms with Gasteiger partial charge in [-0.05, 0) is 30.7 Å². The third kappa shape index (κ3) is 3.31. The molecule has 0 fully saturated rings. The molecule has 0 atom stereocenters. The van der Waals surface area contributed by atoms with E-state index in [0.29, 0.717) is 6.54 Å². The molecule has 0 aliphatic rings. The van der Waals surface area contributed by atoms with E-state index in [0.717, 1.165) is 22.4 Å². The molecule has 2 aromatic carbocycles. The number of benzene rings is 2. The van der Waals surface area contributed by atoms with Crippen LogP contribution < -0.4 is 0 Å². The summed E-state index contributed by atoms with van der Waals surface area (Å²) < 4.78 is 1.82. The molecular weight excluding hydrogens is 286 g/mol. The van der Waals surface area contributed by atoms with E-state index in [1.54, 1.807) is 11.1 Å². The summed E-state index contributed by atoms with van der Waals surface area (Å²) in [7, 11) is 1.81. The number of rotatable bonds is 4. The van der Waals surface area contributed by atoms with Crippen LogP contribution in [0.3, 0.4) is 0 Å². The van der Waals surface area contributed by atoms with Gasteiger partial charge in [0.1, 0.15) is 0 Å². The fraction of sp³-hybridized carbons (Fsp3) is 0.158. The molecule has 0 unspecified atom stereocenters. The van der Waals surface area contributed by atoms with Gasteiger partial charge in [-0.1, -0.05) is 36.4 Å². The lowest BCUT2D eigenvalue weighted by Crippen LogP contribution is -2.26. The van der Waals surface area contributed by atoms with E-state index in [-0.39, 0.29) is 5.91 Å². The fourth-order valence-corrected chi connectivity index (χ4v) is 2.53. The molecule has 4 nitrogen and oxygen atoms in total. The molecule has 1 amide bonds. The molecule has 1 aromatic heterocycles. The summed E-state index contributed by atoms with van der Waals surface area (Å²) in [5, 5.41) is 4.37. The largest absolute Gasteiger partial charge is 0.337 e. The number of hydrogen-bond acceptors (Lipinski definition) is 2. The first-order valence-corrected chi connectivity index (χ1v) is 7.55. The summed E-state index contributed by atoms with van der Waals surface area (Å²) in [6.07, 6.45) is 3.76. The predicted octanol–water partition coefficient (Wildman–Crippen LogP) is 3.45. The van der Waals surface area contributed by atoms with Crippen LogP contribution >= 0.6 is 0 Å². The number of nitrogens with zero attached hydrogens (tertiary/aromatic N) is 3. The minimum Gasteiger partial charge on any atom is -0.337 e. The van der Waals surface area contributed by atoms with Gasteiger partial charge in [0.2, 0.25) is 0 Å². The molecule has 116 valence electrons. The van der Waals surface area contributed by atoms with Crippen molar-refractivity contribution in [3.63, 3.8) is 0 Å². The van der Waals surface area contributed by atoms with Crippen molar-refractivity contribution in [2.45, 2.75) is 13.5 Å². The first kappa shape index (κ1) is 15.0. The first-order valence-electron chi connectivity index (χ1n) is 7.55. The quantitative estimate of drug-likeness (QED) is 0.740. The smallest absolute Gasteiger partial charge is 0.254 e. The van der Waals surface area contributed by atoms with Crippen LogP contribution in [0.4, 0.5) is 0 Å². The lowest BCUT2D eigenvalue weighted by molar-refractivity contribution is 0.0784. The Morgan fingerprint density at radius 1 is 1.09 bits per heavy atom. The van der Waals surface area contributed by atoms with Gasteiger partial charge in [-0.15, -0.1) is 0 Å². The SMILES string of the molecule is Cc1ccccc1C(=O)N(C)Cc1cnn(-c2ccccc2)c1. The van der Waals surface area contributed by atoms with E-state index < -0.39 is 0 Å². The molecule has 0 aliphatic heterocycles. The number of carbonyl (C=O) groups is 1. The topological polar surface area (TPSA) is 38.1 Å². The summed E-state index contributed by atoms with van der Waals surface area (Å²) in [6.45, 7) is 2.48. The van der Waals surface area contributed by atoms with Crippen molar-refractivity contribution in [3.05, 3.63) is 83.7 Å². The number of hydrogen-bond donors (Lipinski definition) is 0. The molecule has 0 radical (unpaired) electrons. The number of carbonyl (C=O) groups excluding carboxylic acids is 1. The second kappa shape index (κ2) is 6.48. The normalized spacial score (nSPS) is 10.5. The van der Waals surface area contributed by atoms with Crippen LogP contribution in [0.5, 0.6) is 0 Å². The first-order chi connectivity index (χ1) is 11.1. The lowest BCUT2D eigenvalue weighted by Gasteiger charge is -2.17. The monoisotopic (exact) mass is 305 g/mol. The molecule has 23 heavy (non-hydrogen) atoms. The van der Waals surface area contributed by atoms with Crippen molar-refractivity contribution < 1.29 is 4.79 Å². The van der Waals surface area contributed by atoms with Crippen molar-refractivity contribution in [2.75, 3.05) is 7.05 Å². The number of aryl methyl sites for hydroxylation is 1. The highest BCUT2D eigenvalue weighted by molar-refractivity contribution is 5.95. The van der Waals surface area contributed by atoms with Gasteiger partial charge in [0.05, 0.1) is 11.9 Å². The van der Waals surface area contributed by atoms with Gasteiger partial charge in [0, 0.05) is 30.9 Å². The average Bonchev–Trinajstić information content (AvgIpc) is 3.04. The lowest BCUT2D eigenvalue weighted by atomic mass is 10.1. The molecular formula is C19H19N3O. The van der Waals surface area contributed by atoms with Crippen LogP contribution in [0.1, 0.15) is 21.5 Å². The zero-order chi connectivity index (χ0) is 16.2. The molecule has 0 spiro atoms. The van der Waals surface area contributed by atoms with E-state index in [2.05, 4.69) is 5.10 Å². The van der Waals surface area contributed by atoms with Gasteiger partial charge in [-0.25, -0.2) is 4.68 Å². The highest BCUT2D eigenvalue weighted by atomic mass is 16.2. The Bertz CT molecular complexity index is 808. The Kier molecular flexibility index (Phi) is 4.24.